The number of amides is 2. The van der Waals surface area contributed by atoms with E-state index in [1.807, 2.05) is 67.5 Å². The highest BCUT2D eigenvalue weighted by Gasteiger charge is 2.33. The lowest BCUT2D eigenvalue weighted by Crippen LogP contribution is -2.46. The molecule has 1 aliphatic heterocycles. The van der Waals surface area contributed by atoms with E-state index >= 15 is 0 Å². The van der Waals surface area contributed by atoms with Crippen LogP contribution in [0.25, 0.3) is 11.0 Å². The number of anilines is 1. The van der Waals surface area contributed by atoms with E-state index in [1.165, 1.54) is 21.7 Å². The third kappa shape index (κ3) is 6.28. The average Bonchev–Trinajstić information content (AvgIpc) is 3.63. The average molecular weight is 545 g/mol. The molecule has 0 saturated carbocycles. The third-order valence-corrected chi connectivity index (χ3v) is 7.10. The molecule has 1 aromatic heterocycles. The Morgan fingerprint density at radius 2 is 1.82 bits per heavy atom. The molecule has 4 aromatic rings. The third-order valence-electron chi connectivity index (χ3n) is 7.10. The number of hydrogen-bond acceptors (Lipinski definition) is 6. The second-order valence-electron chi connectivity index (χ2n) is 10.2. The van der Waals surface area contributed by atoms with Gasteiger partial charge >= 0.3 is 0 Å². The molecular weight excluding hydrogens is 511 g/mol. The molecule has 1 saturated heterocycles. The Morgan fingerprint density at radius 3 is 2.52 bits per heavy atom. The molecule has 0 unspecified atom stereocenters. The van der Waals surface area contributed by atoms with Gasteiger partial charge in [-0.15, -0.1) is 5.10 Å². The lowest BCUT2D eigenvalue weighted by molar-refractivity contribution is -0.142. The number of fused-ring (bicyclic) bond motifs is 1. The highest BCUT2D eigenvalue weighted by molar-refractivity contribution is 5.89. The molecule has 40 heavy (non-hydrogen) atoms. The highest BCUT2D eigenvalue weighted by atomic mass is 19.1. The maximum Gasteiger partial charge on any atom is 0.247 e. The Kier molecular flexibility index (Phi) is 8.35. The molecular formula is C30H33FN6O3. The second kappa shape index (κ2) is 12.3. The van der Waals surface area contributed by atoms with E-state index in [4.69, 9.17) is 4.74 Å². The summed E-state index contributed by atoms with van der Waals surface area (Å²) in [7, 11) is 3.88. The number of benzene rings is 3. The van der Waals surface area contributed by atoms with Crippen LogP contribution in [0.3, 0.4) is 0 Å². The molecule has 9 nitrogen and oxygen atoms in total. The largest absolute Gasteiger partial charge is 0.378 e. The Bertz CT molecular complexity index is 1450. The molecule has 0 bridgehead atoms. The smallest absolute Gasteiger partial charge is 0.247 e. The van der Waals surface area contributed by atoms with E-state index in [-0.39, 0.29) is 36.8 Å². The standard InChI is InChI=1S/C30H33FN6O3/c1-35(2)24-15-11-22(12-16-24)29(30(39)32-18-25-6-5-17-40-25)36(19-21-9-13-23(31)14-10-21)28(38)20-37-27-8-4-3-7-26(27)33-34-37/h3-4,7-16,25,29H,5-6,17-20H2,1-2H3,(H,32,39)/t25-,29-/m0/s1. The first-order chi connectivity index (χ1) is 19.4. The van der Waals surface area contributed by atoms with Gasteiger partial charge in [0.25, 0.3) is 0 Å². The summed E-state index contributed by atoms with van der Waals surface area (Å²) in [5.41, 5.74) is 3.71. The van der Waals surface area contributed by atoms with Crippen molar-refractivity contribution in [3.05, 3.63) is 89.7 Å². The summed E-state index contributed by atoms with van der Waals surface area (Å²) < 4.78 is 20.9. The van der Waals surface area contributed by atoms with Gasteiger partial charge in [0.1, 0.15) is 23.9 Å². The molecule has 208 valence electrons. The normalized spacial score (nSPS) is 15.6. The van der Waals surface area contributed by atoms with Crippen molar-refractivity contribution in [1.29, 1.82) is 0 Å². The number of aromatic nitrogens is 3. The quantitative estimate of drug-likeness (QED) is 0.327. The summed E-state index contributed by atoms with van der Waals surface area (Å²) in [5, 5.41) is 11.4. The van der Waals surface area contributed by atoms with Crippen molar-refractivity contribution in [1.82, 2.24) is 25.2 Å². The van der Waals surface area contributed by atoms with Crippen LogP contribution < -0.4 is 10.2 Å². The van der Waals surface area contributed by atoms with Gasteiger partial charge in [-0.3, -0.25) is 9.59 Å². The SMILES string of the molecule is CN(C)c1ccc([C@@H](C(=O)NC[C@@H]2CCCO2)N(Cc2ccc(F)cc2)C(=O)Cn2nnc3ccccc32)cc1. The van der Waals surface area contributed by atoms with Crippen LogP contribution in [0, 0.1) is 5.82 Å². The van der Waals surface area contributed by atoms with Crippen molar-refractivity contribution in [2.45, 2.75) is 38.1 Å². The Hall–Kier alpha value is -4.31. The van der Waals surface area contributed by atoms with Gasteiger partial charge in [-0.1, -0.05) is 41.6 Å². The molecule has 0 radical (unpaired) electrons. The minimum Gasteiger partial charge on any atom is -0.378 e. The van der Waals surface area contributed by atoms with E-state index in [0.29, 0.717) is 35.3 Å². The molecule has 2 atom stereocenters. The van der Waals surface area contributed by atoms with Crippen LogP contribution in [-0.4, -0.2) is 65.1 Å². The van der Waals surface area contributed by atoms with Crippen LogP contribution in [-0.2, 0) is 27.4 Å². The zero-order chi connectivity index (χ0) is 28.1. The van der Waals surface area contributed by atoms with E-state index < -0.39 is 6.04 Å². The molecule has 3 aromatic carbocycles. The molecule has 2 heterocycles. The second-order valence-corrected chi connectivity index (χ2v) is 10.2. The number of nitrogens with zero attached hydrogens (tertiary/aromatic N) is 5. The van der Waals surface area contributed by atoms with E-state index in [2.05, 4.69) is 15.6 Å². The van der Waals surface area contributed by atoms with Gasteiger partial charge in [0.05, 0.1) is 11.6 Å². The summed E-state index contributed by atoms with van der Waals surface area (Å²) in [5.74, 6) is -1.01. The van der Waals surface area contributed by atoms with Crippen molar-refractivity contribution < 1.29 is 18.7 Å². The first kappa shape index (κ1) is 27.3. The van der Waals surface area contributed by atoms with E-state index in [1.54, 1.807) is 12.1 Å². The first-order valence-corrected chi connectivity index (χ1v) is 13.4. The lowest BCUT2D eigenvalue weighted by Gasteiger charge is -2.32. The van der Waals surface area contributed by atoms with Crippen molar-refractivity contribution in [2.75, 3.05) is 32.1 Å². The van der Waals surface area contributed by atoms with Gasteiger partial charge in [0, 0.05) is 39.5 Å². The minimum absolute atomic E-state index is 0.0523. The summed E-state index contributed by atoms with van der Waals surface area (Å²) in [6.45, 7) is 1.01. The zero-order valence-electron chi connectivity index (χ0n) is 22.7. The van der Waals surface area contributed by atoms with Crippen LogP contribution in [0.2, 0.25) is 0 Å². The topological polar surface area (TPSA) is 92.6 Å². The van der Waals surface area contributed by atoms with Gasteiger partial charge in [-0.25, -0.2) is 9.07 Å². The maximum atomic E-state index is 14.0. The van der Waals surface area contributed by atoms with Crippen LogP contribution in [0.4, 0.5) is 10.1 Å². The summed E-state index contributed by atoms with van der Waals surface area (Å²) in [4.78, 5) is 31.4. The maximum absolute atomic E-state index is 14.0. The number of ether oxygens (including phenoxy) is 1. The number of carbonyl (C=O) groups excluding carboxylic acids is 2. The number of nitrogens with one attached hydrogen (secondary N) is 1. The fraction of sp³-hybridized carbons (Fsp3) is 0.333. The van der Waals surface area contributed by atoms with Crippen molar-refractivity contribution >= 4 is 28.5 Å². The van der Waals surface area contributed by atoms with E-state index in [9.17, 15) is 14.0 Å². The summed E-state index contributed by atoms with van der Waals surface area (Å²) in [6, 6.07) is 19.9. The number of hydrogen-bond donors (Lipinski definition) is 1. The highest BCUT2D eigenvalue weighted by Crippen LogP contribution is 2.27. The van der Waals surface area contributed by atoms with Crippen LogP contribution >= 0.6 is 0 Å². The predicted octanol–water partition coefficient (Wildman–Crippen LogP) is 3.70. The van der Waals surface area contributed by atoms with Crippen LogP contribution in [0.1, 0.15) is 30.0 Å². The summed E-state index contributed by atoms with van der Waals surface area (Å²) in [6.07, 6.45) is 1.78. The lowest BCUT2D eigenvalue weighted by atomic mass is 10.0. The molecule has 10 heteroatoms. The van der Waals surface area contributed by atoms with Crippen molar-refractivity contribution in [2.24, 2.45) is 0 Å². The van der Waals surface area contributed by atoms with Gasteiger partial charge in [0.2, 0.25) is 11.8 Å². The fourth-order valence-corrected chi connectivity index (χ4v) is 4.91. The molecule has 5 rings (SSSR count). The predicted molar refractivity (Wildman–Crippen MR) is 150 cm³/mol. The first-order valence-electron chi connectivity index (χ1n) is 13.4. The zero-order valence-corrected chi connectivity index (χ0v) is 22.7. The molecule has 1 N–H and O–H groups in total. The minimum atomic E-state index is -0.940. The molecule has 1 aliphatic rings. The molecule has 0 aliphatic carbocycles. The van der Waals surface area contributed by atoms with Crippen LogP contribution in [0.5, 0.6) is 0 Å². The Balaban J connectivity index is 1.50. The fourth-order valence-electron chi connectivity index (χ4n) is 4.91. The molecule has 2 amide bonds. The number of rotatable bonds is 10. The van der Waals surface area contributed by atoms with Crippen LogP contribution in [0.15, 0.2) is 72.8 Å². The van der Waals surface area contributed by atoms with Crippen molar-refractivity contribution in [3.63, 3.8) is 0 Å². The number of halogens is 1. The Labute approximate surface area is 232 Å². The van der Waals surface area contributed by atoms with Gasteiger partial charge in [-0.2, -0.15) is 0 Å². The molecule has 0 spiro atoms. The summed E-state index contributed by atoms with van der Waals surface area (Å²) >= 11 is 0. The van der Waals surface area contributed by atoms with Crippen molar-refractivity contribution in [3.8, 4) is 0 Å². The monoisotopic (exact) mass is 544 g/mol. The van der Waals surface area contributed by atoms with Gasteiger partial charge < -0.3 is 19.9 Å². The number of carbonyl (C=O) groups is 2. The van der Waals surface area contributed by atoms with Gasteiger partial charge in [0.15, 0.2) is 0 Å². The number of para-hydroxylation sites is 1. The van der Waals surface area contributed by atoms with Gasteiger partial charge in [-0.05, 0) is 60.4 Å². The van der Waals surface area contributed by atoms with E-state index in [0.717, 1.165) is 18.5 Å². The Morgan fingerprint density at radius 1 is 1.07 bits per heavy atom. The molecule has 1 fully saturated rings.